The van der Waals surface area contributed by atoms with E-state index in [0.29, 0.717) is 0 Å². The molecule has 104 valence electrons. The first-order valence-corrected chi connectivity index (χ1v) is 7.13. The molecule has 1 saturated heterocycles. The molecule has 19 heavy (non-hydrogen) atoms. The van der Waals surface area contributed by atoms with Gasteiger partial charge in [-0.25, -0.2) is 0 Å². The van der Waals surface area contributed by atoms with E-state index in [2.05, 4.69) is 16.8 Å². The molecule has 3 nitrogen and oxygen atoms in total. The molecule has 1 aromatic carbocycles. The zero-order chi connectivity index (χ0) is 13.3. The van der Waals surface area contributed by atoms with Crippen LogP contribution in [-0.2, 0) is 0 Å². The maximum absolute atomic E-state index is 5.73. The summed E-state index contributed by atoms with van der Waals surface area (Å²) in [6, 6.07) is 10.0. The number of hydrogen-bond donors (Lipinski definition) is 1. The lowest BCUT2D eigenvalue weighted by Gasteiger charge is -2.31. The first-order valence-electron chi connectivity index (χ1n) is 7.13. The molecule has 3 heteroatoms. The van der Waals surface area contributed by atoms with Gasteiger partial charge in [-0.2, -0.15) is 0 Å². The highest BCUT2D eigenvalue weighted by Crippen LogP contribution is 2.16. The molecule has 0 saturated carbocycles. The summed E-state index contributed by atoms with van der Waals surface area (Å²) in [4.78, 5) is 2.49. The quantitative estimate of drug-likeness (QED) is 0.815. The summed E-state index contributed by atoms with van der Waals surface area (Å²) in [5.74, 6) is 1.76. The Labute approximate surface area is 116 Å². The van der Waals surface area contributed by atoms with Crippen molar-refractivity contribution >= 4 is 0 Å². The number of para-hydroxylation sites is 1. The molecule has 0 unspecified atom stereocenters. The van der Waals surface area contributed by atoms with Gasteiger partial charge >= 0.3 is 0 Å². The number of likely N-dealkylation sites (tertiary alicyclic amines) is 1. The fourth-order valence-corrected chi connectivity index (χ4v) is 2.47. The van der Waals surface area contributed by atoms with Gasteiger partial charge in [0.1, 0.15) is 12.4 Å². The molecule has 1 heterocycles. The molecule has 1 aliphatic heterocycles. The fourth-order valence-electron chi connectivity index (χ4n) is 2.47. The van der Waals surface area contributed by atoms with Gasteiger partial charge in [0.05, 0.1) is 0 Å². The first kappa shape index (κ1) is 13.9. The van der Waals surface area contributed by atoms with E-state index in [-0.39, 0.29) is 0 Å². The van der Waals surface area contributed by atoms with Gasteiger partial charge in [-0.15, -0.1) is 0 Å². The molecule has 0 atom stereocenters. The minimum absolute atomic E-state index is 0.777. The van der Waals surface area contributed by atoms with E-state index in [1.165, 1.54) is 25.9 Å². The van der Waals surface area contributed by atoms with Crippen LogP contribution in [0.2, 0.25) is 0 Å². The van der Waals surface area contributed by atoms with Gasteiger partial charge in [0.25, 0.3) is 0 Å². The minimum Gasteiger partial charge on any atom is -0.492 e. The van der Waals surface area contributed by atoms with Crippen LogP contribution in [0.25, 0.3) is 0 Å². The van der Waals surface area contributed by atoms with Crippen molar-refractivity contribution < 1.29 is 4.74 Å². The SMILES string of the molecule is C=CNCC1CCN(CCOc2ccccc2)CC1. The second-order valence-corrected chi connectivity index (χ2v) is 5.06. The van der Waals surface area contributed by atoms with E-state index in [4.69, 9.17) is 4.74 Å². The number of nitrogens with zero attached hydrogens (tertiary/aromatic N) is 1. The molecule has 0 spiro atoms. The third kappa shape index (κ3) is 4.95. The predicted octanol–water partition coefficient (Wildman–Crippen LogP) is 2.51. The van der Waals surface area contributed by atoms with E-state index in [0.717, 1.165) is 31.4 Å². The average Bonchev–Trinajstić information content (AvgIpc) is 2.47. The standard InChI is InChI=1S/C16H24N2O/c1-2-17-14-15-8-10-18(11-9-15)12-13-19-16-6-4-3-5-7-16/h2-7,15,17H,1,8-14H2. The Morgan fingerprint density at radius 1 is 1.26 bits per heavy atom. The molecule has 1 fully saturated rings. The molecule has 0 aliphatic carbocycles. The van der Waals surface area contributed by atoms with Crippen molar-refractivity contribution in [1.29, 1.82) is 0 Å². The summed E-state index contributed by atoms with van der Waals surface area (Å²) >= 11 is 0. The molecule has 1 aromatic rings. The van der Waals surface area contributed by atoms with E-state index >= 15 is 0 Å². The minimum atomic E-state index is 0.777. The fraction of sp³-hybridized carbons (Fsp3) is 0.500. The number of ether oxygens (including phenoxy) is 1. The van der Waals surface area contributed by atoms with Crippen LogP contribution in [0.1, 0.15) is 12.8 Å². The molecule has 2 rings (SSSR count). The number of hydrogen-bond acceptors (Lipinski definition) is 3. The lowest BCUT2D eigenvalue weighted by Crippen LogP contribution is -2.38. The third-order valence-electron chi connectivity index (χ3n) is 3.68. The van der Waals surface area contributed by atoms with Crippen LogP contribution in [0.5, 0.6) is 5.75 Å². The van der Waals surface area contributed by atoms with Crippen molar-refractivity contribution in [3.05, 3.63) is 43.1 Å². The first-order chi connectivity index (χ1) is 9.38. The maximum Gasteiger partial charge on any atom is 0.119 e. The van der Waals surface area contributed by atoms with Gasteiger partial charge in [-0.3, -0.25) is 4.90 Å². The van der Waals surface area contributed by atoms with Crippen molar-refractivity contribution in [2.45, 2.75) is 12.8 Å². The summed E-state index contributed by atoms with van der Waals surface area (Å²) in [5, 5.41) is 3.22. The van der Waals surface area contributed by atoms with Gasteiger partial charge in [0, 0.05) is 13.1 Å². The van der Waals surface area contributed by atoms with Crippen molar-refractivity contribution in [1.82, 2.24) is 10.2 Å². The molecular weight excluding hydrogens is 236 g/mol. The second kappa shape index (κ2) is 7.85. The van der Waals surface area contributed by atoms with Gasteiger partial charge in [-0.05, 0) is 50.2 Å². The molecule has 0 radical (unpaired) electrons. The van der Waals surface area contributed by atoms with Crippen LogP contribution in [0.4, 0.5) is 0 Å². The zero-order valence-corrected chi connectivity index (χ0v) is 11.6. The van der Waals surface area contributed by atoms with Crippen LogP contribution in [0.15, 0.2) is 43.1 Å². The Kier molecular flexibility index (Phi) is 5.76. The van der Waals surface area contributed by atoms with E-state index < -0.39 is 0 Å². The van der Waals surface area contributed by atoms with Crippen molar-refractivity contribution in [2.75, 3.05) is 32.8 Å². The van der Waals surface area contributed by atoms with Crippen LogP contribution >= 0.6 is 0 Å². The zero-order valence-electron chi connectivity index (χ0n) is 11.6. The normalized spacial score (nSPS) is 17.1. The highest BCUT2D eigenvalue weighted by molar-refractivity contribution is 5.20. The van der Waals surface area contributed by atoms with Gasteiger partial charge in [-0.1, -0.05) is 24.8 Å². The van der Waals surface area contributed by atoms with Crippen molar-refractivity contribution in [2.24, 2.45) is 5.92 Å². The van der Waals surface area contributed by atoms with Crippen LogP contribution < -0.4 is 10.1 Å². The lowest BCUT2D eigenvalue weighted by molar-refractivity contribution is 0.155. The molecular formula is C16H24N2O. The Bertz CT molecular complexity index is 358. The monoisotopic (exact) mass is 260 g/mol. The van der Waals surface area contributed by atoms with Gasteiger partial charge in [0.2, 0.25) is 0 Å². The average molecular weight is 260 g/mol. The van der Waals surface area contributed by atoms with Crippen molar-refractivity contribution in [3.8, 4) is 5.75 Å². The Balaban J connectivity index is 1.59. The highest BCUT2D eigenvalue weighted by atomic mass is 16.5. The highest BCUT2D eigenvalue weighted by Gasteiger charge is 2.18. The molecule has 1 aliphatic rings. The van der Waals surface area contributed by atoms with E-state index in [9.17, 15) is 0 Å². The summed E-state index contributed by atoms with van der Waals surface area (Å²) in [7, 11) is 0. The number of benzene rings is 1. The summed E-state index contributed by atoms with van der Waals surface area (Å²) in [6.45, 7) is 8.92. The van der Waals surface area contributed by atoms with E-state index in [1.54, 1.807) is 6.20 Å². The smallest absolute Gasteiger partial charge is 0.119 e. The number of piperidine rings is 1. The lowest BCUT2D eigenvalue weighted by atomic mass is 9.97. The summed E-state index contributed by atoms with van der Waals surface area (Å²) in [5.41, 5.74) is 0. The van der Waals surface area contributed by atoms with Gasteiger partial charge in [0.15, 0.2) is 0 Å². The van der Waals surface area contributed by atoms with Gasteiger partial charge < -0.3 is 10.1 Å². The summed E-state index contributed by atoms with van der Waals surface area (Å²) < 4.78 is 5.73. The molecule has 1 N–H and O–H groups in total. The summed E-state index contributed by atoms with van der Waals surface area (Å²) in [6.07, 6.45) is 4.33. The van der Waals surface area contributed by atoms with Crippen molar-refractivity contribution in [3.63, 3.8) is 0 Å². The van der Waals surface area contributed by atoms with Crippen LogP contribution in [-0.4, -0.2) is 37.7 Å². The molecule has 0 amide bonds. The Morgan fingerprint density at radius 2 is 2.00 bits per heavy atom. The number of nitrogens with one attached hydrogen (secondary N) is 1. The second-order valence-electron chi connectivity index (χ2n) is 5.06. The topological polar surface area (TPSA) is 24.5 Å². The molecule has 0 aromatic heterocycles. The van der Waals surface area contributed by atoms with E-state index in [1.807, 2.05) is 30.3 Å². The largest absolute Gasteiger partial charge is 0.492 e. The Morgan fingerprint density at radius 3 is 2.68 bits per heavy atom. The predicted molar refractivity (Wildman–Crippen MR) is 79.3 cm³/mol. The number of rotatable bonds is 7. The third-order valence-corrected chi connectivity index (χ3v) is 3.68. The Hall–Kier alpha value is -1.48. The molecule has 0 bridgehead atoms. The van der Waals surface area contributed by atoms with Crippen LogP contribution in [0, 0.1) is 5.92 Å². The maximum atomic E-state index is 5.73. The van der Waals surface area contributed by atoms with Crippen LogP contribution in [0.3, 0.4) is 0 Å².